The molecule has 0 atom stereocenters. The summed E-state index contributed by atoms with van der Waals surface area (Å²) in [5, 5.41) is 10.9. The third-order valence-corrected chi connectivity index (χ3v) is 3.11. The number of carboxylic acids is 1. The van der Waals surface area contributed by atoms with Gasteiger partial charge >= 0.3 is 5.97 Å². The average Bonchev–Trinajstić information content (AvgIpc) is 2.22. The van der Waals surface area contributed by atoms with E-state index in [2.05, 4.69) is 0 Å². The average molecular weight is 220 g/mol. The van der Waals surface area contributed by atoms with Gasteiger partial charge in [-0.2, -0.15) is 0 Å². The zero-order valence-electron chi connectivity index (χ0n) is 7.77. The van der Waals surface area contributed by atoms with Gasteiger partial charge in [-0.05, 0) is 17.5 Å². The predicted molar refractivity (Wildman–Crippen MR) is 59.4 cm³/mol. The molecule has 0 aliphatic carbocycles. The van der Waals surface area contributed by atoms with Gasteiger partial charge < -0.3 is 5.11 Å². The maximum atomic E-state index is 11.8. The Hall–Kier alpha value is -1.68. The van der Waals surface area contributed by atoms with Gasteiger partial charge in [-0.25, -0.2) is 0 Å². The molecule has 0 radical (unpaired) electrons. The Morgan fingerprint density at radius 3 is 2.80 bits per heavy atom. The molecule has 0 saturated heterocycles. The van der Waals surface area contributed by atoms with E-state index < -0.39 is 5.97 Å². The molecule has 0 amide bonds. The van der Waals surface area contributed by atoms with Crippen molar-refractivity contribution in [2.75, 3.05) is 0 Å². The van der Waals surface area contributed by atoms with Crippen molar-refractivity contribution in [3.8, 4) is 0 Å². The Kier molecular flexibility index (Phi) is 2.51. The van der Waals surface area contributed by atoms with Gasteiger partial charge in [0, 0.05) is 15.6 Å². The molecule has 0 fully saturated rings. The molecule has 4 heteroatoms. The van der Waals surface area contributed by atoms with Crippen LogP contribution >= 0.6 is 11.3 Å². The number of benzene rings is 1. The minimum Gasteiger partial charge on any atom is -0.481 e. The highest BCUT2D eigenvalue weighted by atomic mass is 32.1. The molecular formula is C11H8O3S. The van der Waals surface area contributed by atoms with E-state index in [-0.39, 0.29) is 11.8 Å². The van der Waals surface area contributed by atoms with Crippen LogP contribution in [0.2, 0.25) is 0 Å². The van der Waals surface area contributed by atoms with E-state index in [1.807, 2.05) is 12.1 Å². The quantitative estimate of drug-likeness (QED) is 0.840. The summed E-state index contributed by atoms with van der Waals surface area (Å²) in [4.78, 5) is 22.3. The second kappa shape index (κ2) is 3.82. The molecule has 1 heterocycles. The van der Waals surface area contributed by atoms with E-state index in [9.17, 15) is 9.59 Å². The topological polar surface area (TPSA) is 54.4 Å². The number of aliphatic carboxylic acids is 1. The zero-order chi connectivity index (χ0) is 10.8. The second-order valence-corrected chi connectivity index (χ2v) is 4.07. The van der Waals surface area contributed by atoms with Gasteiger partial charge in [0.1, 0.15) is 0 Å². The van der Waals surface area contributed by atoms with Crippen molar-refractivity contribution >= 4 is 27.4 Å². The van der Waals surface area contributed by atoms with Crippen LogP contribution < -0.4 is 5.43 Å². The monoisotopic (exact) mass is 220 g/mol. The van der Waals surface area contributed by atoms with Gasteiger partial charge in [0.15, 0.2) is 5.43 Å². The van der Waals surface area contributed by atoms with Gasteiger partial charge in [0.05, 0.1) is 6.42 Å². The standard InChI is InChI=1S/C11H8O3S/c12-10(13)5-7-6-15-9-4-2-1-3-8(9)11(7)14/h1-4,6H,5H2,(H,12,13). The van der Waals surface area contributed by atoms with Crippen molar-refractivity contribution in [3.63, 3.8) is 0 Å². The molecule has 1 aromatic heterocycles. The lowest BCUT2D eigenvalue weighted by molar-refractivity contribution is -0.136. The zero-order valence-corrected chi connectivity index (χ0v) is 8.58. The van der Waals surface area contributed by atoms with Crippen LogP contribution in [0.25, 0.3) is 10.1 Å². The van der Waals surface area contributed by atoms with Crippen LogP contribution in [0, 0.1) is 0 Å². The van der Waals surface area contributed by atoms with Gasteiger partial charge in [0.2, 0.25) is 0 Å². The first kappa shape index (κ1) is 9.86. The smallest absolute Gasteiger partial charge is 0.307 e. The number of hydrogen-bond acceptors (Lipinski definition) is 3. The fourth-order valence-corrected chi connectivity index (χ4v) is 2.31. The first-order chi connectivity index (χ1) is 7.18. The number of carboxylic acid groups (broad SMARTS) is 1. The van der Waals surface area contributed by atoms with Crippen LogP contribution in [0.15, 0.2) is 34.4 Å². The Morgan fingerprint density at radius 1 is 1.33 bits per heavy atom. The van der Waals surface area contributed by atoms with Crippen LogP contribution in [0.3, 0.4) is 0 Å². The van der Waals surface area contributed by atoms with Crippen molar-refractivity contribution in [2.24, 2.45) is 0 Å². The number of carbonyl (C=O) groups is 1. The minimum absolute atomic E-state index is 0.174. The van der Waals surface area contributed by atoms with Crippen LogP contribution in [0.5, 0.6) is 0 Å². The molecule has 3 nitrogen and oxygen atoms in total. The first-order valence-corrected chi connectivity index (χ1v) is 5.27. The van der Waals surface area contributed by atoms with E-state index in [4.69, 9.17) is 5.11 Å². The molecule has 0 aliphatic heterocycles. The minimum atomic E-state index is -0.977. The number of rotatable bonds is 2. The molecule has 0 bridgehead atoms. The van der Waals surface area contributed by atoms with E-state index in [0.29, 0.717) is 10.9 Å². The summed E-state index contributed by atoms with van der Waals surface area (Å²) in [6.07, 6.45) is -0.208. The van der Waals surface area contributed by atoms with E-state index >= 15 is 0 Å². The van der Waals surface area contributed by atoms with Crippen molar-refractivity contribution in [3.05, 3.63) is 45.4 Å². The first-order valence-electron chi connectivity index (χ1n) is 4.39. The van der Waals surface area contributed by atoms with E-state index in [1.54, 1.807) is 17.5 Å². The summed E-state index contributed by atoms with van der Waals surface area (Å²) in [7, 11) is 0. The molecule has 0 unspecified atom stereocenters. The molecule has 2 rings (SSSR count). The van der Waals surface area contributed by atoms with Gasteiger partial charge in [-0.1, -0.05) is 12.1 Å². The molecule has 76 valence electrons. The fraction of sp³-hybridized carbons (Fsp3) is 0.0909. The van der Waals surface area contributed by atoms with Crippen molar-refractivity contribution in [1.82, 2.24) is 0 Å². The summed E-state index contributed by atoms with van der Waals surface area (Å²) in [5.74, 6) is -0.977. The molecule has 0 saturated carbocycles. The third-order valence-electron chi connectivity index (χ3n) is 2.09. The van der Waals surface area contributed by atoms with Crippen LogP contribution in [-0.4, -0.2) is 11.1 Å². The lowest BCUT2D eigenvalue weighted by atomic mass is 10.1. The number of hydrogen-bond donors (Lipinski definition) is 1. The second-order valence-electron chi connectivity index (χ2n) is 3.16. The highest BCUT2D eigenvalue weighted by Gasteiger charge is 2.07. The van der Waals surface area contributed by atoms with Crippen molar-refractivity contribution in [1.29, 1.82) is 0 Å². The predicted octanol–water partition coefficient (Wildman–Crippen LogP) is 1.89. The summed E-state index contributed by atoms with van der Waals surface area (Å²) < 4.78 is 0.886. The molecule has 2 aromatic rings. The lowest BCUT2D eigenvalue weighted by Crippen LogP contribution is -2.12. The number of fused-ring (bicyclic) bond motifs is 1. The summed E-state index contributed by atoms with van der Waals surface area (Å²) in [5.41, 5.74) is 0.179. The maximum Gasteiger partial charge on any atom is 0.307 e. The highest BCUT2D eigenvalue weighted by Crippen LogP contribution is 2.16. The third kappa shape index (κ3) is 1.89. The fourth-order valence-electron chi connectivity index (χ4n) is 1.40. The molecule has 0 spiro atoms. The van der Waals surface area contributed by atoms with Crippen LogP contribution in [0.1, 0.15) is 5.56 Å². The highest BCUT2D eigenvalue weighted by molar-refractivity contribution is 7.16. The molecule has 0 aliphatic rings. The molecule has 15 heavy (non-hydrogen) atoms. The molecule has 1 aromatic carbocycles. The lowest BCUT2D eigenvalue weighted by Gasteiger charge is -1.98. The van der Waals surface area contributed by atoms with Crippen molar-refractivity contribution in [2.45, 2.75) is 6.42 Å². The van der Waals surface area contributed by atoms with Crippen LogP contribution in [0.4, 0.5) is 0 Å². The van der Waals surface area contributed by atoms with Gasteiger partial charge in [0.25, 0.3) is 0 Å². The summed E-state index contributed by atoms with van der Waals surface area (Å²) in [6.45, 7) is 0. The Bertz CT molecular complexity index is 571. The Balaban J connectivity index is 2.65. The van der Waals surface area contributed by atoms with Crippen LogP contribution in [-0.2, 0) is 11.2 Å². The Morgan fingerprint density at radius 2 is 2.07 bits per heavy atom. The van der Waals surface area contributed by atoms with E-state index in [1.165, 1.54) is 11.3 Å². The maximum absolute atomic E-state index is 11.8. The largest absolute Gasteiger partial charge is 0.481 e. The van der Waals surface area contributed by atoms with Gasteiger partial charge in [-0.3, -0.25) is 9.59 Å². The summed E-state index contributed by atoms with van der Waals surface area (Å²) >= 11 is 1.40. The molecule has 1 N–H and O–H groups in total. The normalized spacial score (nSPS) is 10.4. The SMILES string of the molecule is O=C(O)Cc1csc2ccccc2c1=O. The Labute approximate surface area is 89.6 Å². The van der Waals surface area contributed by atoms with Crippen molar-refractivity contribution < 1.29 is 9.90 Å². The molecular weight excluding hydrogens is 212 g/mol. The van der Waals surface area contributed by atoms with E-state index in [0.717, 1.165) is 4.70 Å². The van der Waals surface area contributed by atoms with Gasteiger partial charge in [-0.15, -0.1) is 11.3 Å². The summed E-state index contributed by atoms with van der Waals surface area (Å²) in [6, 6.07) is 7.21.